The van der Waals surface area contributed by atoms with Crippen molar-refractivity contribution in [2.75, 3.05) is 12.4 Å². The zero-order chi connectivity index (χ0) is 10.7. The fraction of sp³-hybridized carbons (Fsp3) is 0.364. The highest BCUT2D eigenvalue weighted by atomic mass is 16.4. The maximum atomic E-state index is 11.0. The molecule has 2 N–H and O–H groups in total. The summed E-state index contributed by atoms with van der Waals surface area (Å²) in [5, 5.41) is 11.9. The van der Waals surface area contributed by atoms with E-state index in [0.717, 1.165) is 11.3 Å². The van der Waals surface area contributed by atoms with Crippen LogP contribution in [0.5, 0.6) is 0 Å². The summed E-state index contributed by atoms with van der Waals surface area (Å²) in [6, 6.07) is 5.42. The van der Waals surface area contributed by atoms with Crippen molar-refractivity contribution in [2.24, 2.45) is 0 Å². The molecule has 0 atom stereocenters. The van der Waals surface area contributed by atoms with E-state index in [1.165, 1.54) is 0 Å². The summed E-state index contributed by atoms with van der Waals surface area (Å²) in [6.07, 6.45) is 0. The van der Waals surface area contributed by atoms with Gasteiger partial charge in [-0.1, -0.05) is 19.9 Å². The molecule has 0 unspecified atom stereocenters. The molecule has 0 aromatic heterocycles. The minimum absolute atomic E-state index is 0.229. The molecule has 1 rings (SSSR count). The fourth-order valence-corrected chi connectivity index (χ4v) is 1.40. The highest BCUT2D eigenvalue weighted by Crippen LogP contribution is 2.22. The van der Waals surface area contributed by atoms with Crippen LogP contribution in [0, 0.1) is 0 Å². The monoisotopic (exact) mass is 193 g/mol. The first-order chi connectivity index (χ1) is 6.56. The van der Waals surface area contributed by atoms with E-state index < -0.39 is 5.97 Å². The Morgan fingerprint density at radius 3 is 2.50 bits per heavy atom. The van der Waals surface area contributed by atoms with Crippen molar-refractivity contribution in [2.45, 2.75) is 19.8 Å². The van der Waals surface area contributed by atoms with Gasteiger partial charge in [0.25, 0.3) is 0 Å². The van der Waals surface area contributed by atoms with Crippen LogP contribution in [0.3, 0.4) is 0 Å². The Hall–Kier alpha value is -1.51. The summed E-state index contributed by atoms with van der Waals surface area (Å²) in [5.74, 6) is -0.641. The molecule has 3 heteroatoms. The zero-order valence-electron chi connectivity index (χ0n) is 8.66. The summed E-state index contributed by atoms with van der Waals surface area (Å²) in [6.45, 7) is 3.97. The van der Waals surface area contributed by atoms with E-state index in [9.17, 15) is 4.79 Å². The van der Waals surface area contributed by atoms with Crippen molar-refractivity contribution in [3.8, 4) is 0 Å². The second kappa shape index (κ2) is 4.13. The normalized spacial score (nSPS) is 10.3. The van der Waals surface area contributed by atoms with Crippen molar-refractivity contribution in [3.63, 3.8) is 0 Å². The first-order valence-electron chi connectivity index (χ1n) is 4.61. The Bertz CT molecular complexity index is 345. The van der Waals surface area contributed by atoms with Crippen molar-refractivity contribution in [3.05, 3.63) is 29.3 Å². The van der Waals surface area contributed by atoms with Crippen molar-refractivity contribution in [1.29, 1.82) is 0 Å². The van der Waals surface area contributed by atoms with E-state index in [1.54, 1.807) is 13.1 Å². The fourth-order valence-electron chi connectivity index (χ4n) is 1.40. The molecule has 0 heterocycles. The largest absolute Gasteiger partial charge is 0.478 e. The minimum atomic E-state index is -0.870. The molecule has 14 heavy (non-hydrogen) atoms. The molecule has 3 nitrogen and oxygen atoms in total. The van der Waals surface area contributed by atoms with Gasteiger partial charge in [-0.05, 0) is 23.6 Å². The van der Waals surface area contributed by atoms with E-state index in [2.05, 4.69) is 5.32 Å². The van der Waals surface area contributed by atoms with Crippen LogP contribution in [-0.4, -0.2) is 18.1 Å². The summed E-state index contributed by atoms with van der Waals surface area (Å²) >= 11 is 0. The number of rotatable bonds is 3. The first-order valence-corrected chi connectivity index (χ1v) is 4.61. The quantitative estimate of drug-likeness (QED) is 0.775. The topological polar surface area (TPSA) is 49.3 Å². The van der Waals surface area contributed by atoms with E-state index in [0.29, 0.717) is 5.56 Å². The SMILES string of the molecule is CNc1ccc(C(C)C)c(C(=O)O)c1. The van der Waals surface area contributed by atoms with Crippen LogP contribution in [0.15, 0.2) is 18.2 Å². The highest BCUT2D eigenvalue weighted by molar-refractivity contribution is 5.90. The van der Waals surface area contributed by atoms with Gasteiger partial charge in [-0.3, -0.25) is 0 Å². The first kappa shape index (κ1) is 10.6. The van der Waals surface area contributed by atoms with Gasteiger partial charge in [0.05, 0.1) is 5.56 Å². The van der Waals surface area contributed by atoms with Crippen LogP contribution in [-0.2, 0) is 0 Å². The second-order valence-corrected chi connectivity index (χ2v) is 3.51. The second-order valence-electron chi connectivity index (χ2n) is 3.51. The average molecular weight is 193 g/mol. The Labute approximate surface area is 83.8 Å². The molecule has 0 amide bonds. The Balaban J connectivity index is 3.24. The Morgan fingerprint density at radius 1 is 1.43 bits per heavy atom. The molecule has 0 aliphatic rings. The molecule has 0 fully saturated rings. The van der Waals surface area contributed by atoms with Gasteiger partial charge in [0.1, 0.15) is 0 Å². The van der Waals surface area contributed by atoms with Gasteiger partial charge >= 0.3 is 5.97 Å². The number of carbonyl (C=O) groups is 1. The molecule has 0 bridgehead atoms. The number of nitrogens with one attached hydrogen (secondary N) is 1. The predicted octanol–water partition coefficient (Wildman–Crippen LogP) is 2.55. The van der Waals surface area contributed by atoms with Crippen LogP contribution >= 0.6 is 0 Å². The van der Waals surface area contributed by atoms with Crippen LogP contribution in [0.2, 0.25) is 0 Å². The van der Waals surface area contributed by atoms with Gasteiger partial charge in [-0.25, -0.2) is 4.79 Å². The lowest BCUT2D eigenvalue weighted by atomic mass is 9.97. The average Bonchev–Trinajstić information content (AvgIpc) is 2.16. The molecule has 0 saturated carbocycles. The van der Waals surface area contributed by atoms with Crippen molar-refractivity contribution >= 4 is 11.7 Å². The van der Waals surface area contributed by atoms with Crippen molar-refractivity contribution in [1.82, 2.24) is 0 Å². The third kappa shape index (κ3) is 2.05. The molecule has 1 aromatic rings. The van der Waals surface area contributed by atoms with Gasteiger partial charge in [-0.15, -0.1) is 0 Å². The Kier molecular flexibility index (Phi) is 3.12. The summed E-state index contributed by atoms with van der Waals surface area (Å²) in [7, 11) is 1.77. The maximum Gasteiger partial charge on any atom is 0.336 e. The number of carboxylic acid groups (broad SMARTS) is 1. The molecule has 76 valence electrons. The van der Waals surface area contributed by atoms with Gasteiger partial charge in [0.15, 0.2) is 0 Å². The van der Waals surface area contributed by atoms with Crippen LogP contribution in [0.25, 0.3) is 0 Å². The van der Waals surface area contributed by atoms with E-state index in [4.69, 9.17) is 5.11 Å². The molecule has 0 saturated heterocycles. The zero-order valence-corrected chi connectivity index (χ0v) is 8.66. The maximum absolute atomic E-state index is 11.0. The van der Waals surface area contributed by atoms with Crippen molar-refractivity contribution < 1.29 is 9.90 Å². The highest BCUT2D eigenvalue weighted by Gasteiger charge is 2.12. The lowest BCUT2D eigenvalue weighted by molar-refractivity contribution is 0.0695. The molecule has 1 aromatic carbocycles. The number of benzene rings is 1. The van der Waals surface area contributed by atoms with Gasteiger partial charge in [0, 0.05) is 12.7 Å². The van der Waals surface area contributed by atoms with Gasteiger partial charge in [-0.2, -0.15) is 0 Å². The Morgan fingerprint density at radius 2 is 2.07 bits per heavy atom. The van der Waals surface area contributed by atoms with Crippen LogP contribution < -0.4 is 5.32 Å². The molecule has 0 radical (unpaired) electrons. The summed E-state index contributed by atoms with van der Waals surface area (Å²) < 4.78 is 0. The molecule has 0 aliphatic heterocycles. The van der Waals surface area contributed by atoms with E-state index in [-0.39, 0.29) is 5.92 Å². The third-order valence-electron chi connectivity index (χ3n) is 2.19. The summed E-state index contributed by atoms with van der Waals surface area (Å²) in [5.41, 5.74) is 2.08. The molecule has 0 spiro atoms. The number of carboxylic acids is 1. The molecule has 0 aliphatic carbocycles. The third-order valence-corrected chi connectivity index (χ3v) is 2.19. The predicted molar refractivity (Wildman–Crippen MR) is 57.0 cm³/mol. The number of anilines is 1. The van der Waals surface area contributed by atoms with Crippen LogP contribution in [0.1, 0.15) is 35.7 Å². The van der Waals surface area contributed by atoms with E-state index in [1.807, 2.05) is 26.0 Å². The standard InChI is InChI=1S/C11H15NO2/c1-7(2)9-5-4-8(12-3)6-10(9)11(13)14/h4-7,12H,1-3H3,(H,13,14). The molecular formula is C11H15NO2. The number of hydrogen-bond donors (Lipinski definition) is 2. The van der Waals surface area contributed by atoms with E-state index >= 15 is 0 Å². The summed E-state index contributed by atoms with van der Waals surface area (Å²) in [4.78, 5) is 11.0. The number of hydrogen-bond acceptors (Lipinski definition) is 2. The molecular weight excluding hydrogens is 178 g/mol. The lowest BCUT2D eigenvalue weighted by Gasteiger charge is -2.11. The van der Waals surface area contributed by atoms with Gasteiger partial charge in [0.2, 0.25) is 0 Å². The lowest BCUT2D eigenvalue weighted by Crippen LogP contribution is -2.04. The van der Waals surface area contributed by atoms with Gasteiger partial charge < -0.3 is 10.4 Å². The minimum Gasteiger partial charge on any atom is -0.478 e. The van der Waals surface area contributed by atoms with Crippen LogP contribution in [0.4, 0.5) is 5.69 Å². The number of aromatic carboxylic acids is 1. The smallest absolute Gasteiger partial charge is 0.336 e.